The van der Waals surface area contributed by atoms with Gasteiger partial charge in [0.05, 0.1) is 26.0 Å². The minimum Gasteiger partial charge on any atom is -0.469 e. The van der Waals surface area contributed by atoms with E-state index in [9.17, 15) is 14.4 Å². The number of rotatable bonds is 6. The van der Waals surface area contributed by atoms with Gasteiger partial charge in [0.15, 0.2) is 0 Å². The monoisotopic (exact) mass is 285 g/mol. The van der Waals surface area contributed by atoms with Gasteiger partial charge in [-0.05, 0) is 19.9 Å². The zero-order valence-corrected chi connectivity index (χ0v) is 12.1. The number of ether oxygens (including phenoxy) is 1. The van der Waals surface area contributed by atoms with Crippen molar-refractivity contribution in [2.75, 3.05) is 40.3 Å². The molecule has 0 radical (unpaired) electrons. The SMILES string of the molecule is COC(=O)CCN(C)CC(=O)N1CCCC(C(N)=O)C1. The normalized spacial score (nSPS) is 18.9. The van der Waals surface area contributed by atoms with Crippen LogP contribution in [0.4, 0.5) is 0 Å². The number of methoxy groups -OCH3 is 1. The predicted molar refractivity (Wildman–Crippen MR) is 72.6 cm³/mol. The molecule has 1 saturated heterocycles. The van der Waals surface area contributed by atoms with E-state index in [-0.39, 0.29) is 36.7 Å². The summed E-state index contributed by atoms with van der Waals surface area (Å²) in [4.78, 5) is 37.8. The molecule has 0 aromatic rings. The van der Waals surface area contributed by atoms with E-state index in [4.69, 9.17) is 5.73 Å². The number of carbonyl (C=O) groups is 3. The van der Waals surface area contributed by atoms with E-state index in [1.54, 1.807) is 16.8 Å². The van der Waals surface area contributed by atoms with Crippen LogP contribution in [0.5, 0.6) is 0 Å². The Morgan fingerprint density at radius 3 is 2.70 bits per heavy atom. The third-order valence-corrected chi connectivity index (χ3v) is 3.51. The van der Waals surface area contributed by atoms with E-state index in [0.717, 1.165) is 12.8 Å². The minimum atomic E-state index is -0.346. The summed E-state index contributed by atoms with van der Waals surface area (Å²) in [5.74, 6) is -0.922. The molecule has 0 bridgehead atoms. The molecule has 7 heteroatoms. The van der Waals surface area contributed by atoms with Crippen LogP contribution in [0.15, 0.2) is 0 Å². The first-order valence-corrected chi connectivity index (χ1v) is 6.76. The molecule has 7 nitrogen and oxygen atoms in total. The topological polar surface area (TPSA) is 92.9 Å². The van der Waals surface area contributed by atoms with E-state index in [1.807, 2.05) is 0 Å². The van der Waals surface area contributed by atoms with E-state index in [2.05, 4.69) is 4.74 Å². The number of carbonyl (C=O) groups excluding carboxylic acids is 3. The van der Waals surface area contributed by atoms with Gasteiger partial charge in [0.25, 0.3) is 0 Å². The zero-order valence-electron chi connectivity index (χ0n) is 12.1. The molecule has 1 heterocycles. The van der Waals surface area contributed by atoms with Crippen LogP contribution in [0.25, 0.3) is 0 Å². The van der Waals surface area contributed by atoms with Crippen LogP contribution in [-0.2, 0) is 19.1 Å². The van der Waals surface area contributed by atoms with Gasteiger partial charge in [-0.3, -0.25) is 19.3 Å². The Morgan fingerprint density at radius 1 is 1.40 bits per heavy atom. The summed E-state index contributed by atoms with van der Waals surface area (Å²) < 4.78 is 4.55. The lowest BCUT2D eigenvalue weighted by Crippen LogP contribution is -2.47. The van der Waals surface area contributed by atoms with Crippen molar-refractivity contribution >= 4 is 17.8 Å². The molecule has 1 aliphatic heterocycles. The minimum absolute atomic E-state index is 0.0386. The summed E-state index contributed by atoms with van der Waals surface area (Å²) in [5.41, 5.74) is 5.29. The van der Waals surface area contributed by atoms with Crippen molar-refractivity contribution in [1.82, 2.24) is 9.80 Å². The van der Waals surface area contributed by atoms with Crippen LogP contribution in [0.1, 0.15) is 19.3 Å². The second-order valence-electron chi connectivity index (χ2n) is 5.15. The van der Waals surface area contributed by atoms with Crippen LogP contribution in [0.2, 0.25) is 0 Å². The molecule has 1 atom stereocenters. The van der Waals surface area contributed by atoms with Gasteiger partial charge in [-0.1, -0.05) is 0 Å². The van der Waals surface area contributed by atoms with Crippen molar-refractivity contribution in [2.24, 2.45) is 11.7 Å². The molecular formula is C13H23N3O4. The molecule has 2 amide bonds. The average Bonchev–Trinajstić information content (AvgIpc) is 2.44. The molecule has 114 valence electrons. The summed E-state index contributed by atoms with van der Waals surface area (Å²) in [5, 5.41) is 0. The third-order valence-electron chi connectivity index (χ3n) is 3.51. The second kappa shape index (κ2) is 7.84. The van der Waals surface area contributed by atoms with Gasteiger partial charge in [-0.15, -0.1) is 0 Å². The standard InChI is InChI=1S/C13H23N3O4/c1-15(7-5-12(18)20-2)9-11(17)16-6-3-4-10(8-16)13(14)19/h10H,3-9H2,1-2H3,(H2,14,19). The Labute approximate surface area is 119 Å². The summed E-state index contributed by atoms with van der Waals surface area (Å²) in [6, 6.07) is 0. The van der Waals surface area contributed by atoms with E-state index >= 15 is 0 Å². The maximum absolute atomic E-state index is 12.1. The fraction of sp³-hybridized carbons (Fsp3) is 0.769. The van der Waals surface area contributed by atoms with Crippen molar-refractivity contribution in [2.45, 2.75) is 19.3 Å². The van der Waals surface area contributed by atoms with Gasteiger partial charge in [0, 0.05) is 19.6 Å². The van der Waals surface area contributed by atoms with Gasteiger partial charge in [-0.2, -0.15) is 0 Å². The maximum Gasteiger partial charge on any atom is 0.306 e. The molecule has 2 N–H and O–H groups in total. The van der Waals surface area contributed by atoms with E-state index < -0.39 is 0 Å². The highest BCUT2D eigenvalue weighted by Gasteiger charge is 2.27. The van der Waals surface area contributed by atoms with E-state index in [0.29, 0.717) is 19.6 Å². The van der Waals surface area contributed by atoms with Crippen LogP contribution >= 0.6 is 0 Å². The highest BCUT2D eigenvalue weighted by atomic mass is 16.5. The molecule has 20 heavy (non-hydrogen) atoms. The molecule has 1 fully saturated rings. The van der Waals surface area contributed by atoms with Crippen LogP contribution in [0, 0.1) is 5.92 Å². The van der Waals surface area contributed by atoms with Crippen LogP contribution in [0.3, 0.4) is 0 Å². The number of nitrogens with two attached hydrogens (primary N) is 1. The zero-order chi connectivity index (χ0) is 15.1. The number of nitrogens with zero attached hydrogens (tertiary/aromatic N) is 2. The van der Waals surface area contributed by atoms with Gasteiger partial charge in [0.2, 0.25) is 11.8 Å². The second-order valence-corrected chi connectivity index (χ2v) is 5.15. The van der Waals surface area contributed by atoms with Gasteiger partial charge < -0.3 is 15.4 Å². The Morgan fingerprint density at radius 2 is 2.10 bits per heavy atom. The molecule has 1 aliphatic rings. The first kappa shape index (κ1) is 16.4. The summed E-state index contributed by atoms with van der Waals surface area (Å²) in [7, 11) is 3.11. The van der Waals surface area contributed by atoms with Crippen LogP contribution in [-0.4, -0.2) is 67.9 Å². The highest BCUT2D eigenvalue weighted by molar-refractivity contribution is 5.81. The molecule has 0 aromatic heterocycles. The third kappa shape index (κ3) is 5.16. The van der Waals surface area contributed by atoms with Crippen molar-refractivity contribution in [3.05, 3.63) is 0 Å². The molecular weight excluding hydrogens is 262 g/mol. The first-order valence-electron chi connectivity index (χ1n) is 6.76. The Bertz CT molecular complexity index is 373. The Hall–Kier alpha value is -1.63. The molecule has 1 unspecified atom stereocenters. The van der Waals surface area contributed by atoms with Gasteiger partial charge in [0.1, 0.15) is 0 Å². The fourth-order valence-corrected chi connectivity index (χ4v) is 2.23. The summed E-state index contributed by atoms with van der Waals surface area (Å²) in [6.07, 6.45) is 1.80. The lowest BCUT2D eigenvalue weighted by atomic mass is 9.97. The number of primary amides is 1. The molecule has 0 aliphatic carbocycles. The van der Waals surface area contributed by atoms with E-state index in [1.165, 1.54) is 7.11 Å². The first-order chi connectivity index (χ1) is 9.43. The number of likely N-dealkylation sites (N-methyl/N-ethyl adjacent to an activating group) is 1. The largest absolute Gasteiger partial charge is 0.469 e. The van der Waals surface area contributed by atoms with Crippen molar-refractivity contribution in [3.8, 4) is 0 Å². The lowest BCUT2D eigenvalue weighted by molar-refractivity contribution is -0.142. The average molecular weight is 285 g/mol. The Balaban J connectivity index is 2.37. The maximum atomic E-state index is 12.1. The van der Waals surface area contributed by atoms with Crippen molar-refractivity contribution in [1.29, 1.82) is 0 Å². The molecule has 0 spiro atoms. The molecule has 1 rings (SSSR count). The number of hydrogen-bond donors (Lipinski definition) is 1. The summed E-state index contributed by atoms with van der Waals surface area (Å²) in [6.45, 7) is 1.75. The number of amides is 2. The molecule has 0 saturated carbocycles. The number of likely N-dealkylation sites (tertiary alicyclic amines) is 1. The molecule has 0 aromatic carbocycles. The van der Waals surface area contributed by atoms with Crippen molar-refractivity contribution < 1.29 is 19.1 Å². The number of piperidine rings is 1. The number of esters is 1. The highest BCUT2D eigenvalue weighted by Crippen LogP contribution is 2.16. The quantitative estimate of drug-likeness (QED) is 0.645. The lowest BCUT2D eigenvalue weighted by Gasteiger charge is -2.32. The van der Waals surface area contributed by atoms with Gasteiger partial charge >= 0.3 is 5.97 Å². The van der Waals surface area contributed by atoms with Crippen molar-refractivity contribution in [3.63, 3.8) is 0 Å². The fourth-order valence-electron chi connectivity index (χ4n) is 2.23. The predicted octanol–water partition coefficient (Wildman–Crippen LogP) is -0.795. The summed E-state index contributed by atoms with van der Waals surface area (Å²) >= 11 is 0. The smallest absolute Gasteiger partial charge is 0.306 e. The van der Waals surface area contributed by atoms with Gasteiger partial charge in [-0.25, -0.2) is 0 Å². The van der Waals surface area contributed by atoms with Crippen LogP contribution < -0.4 is 5.73 Å². The Kier molecular flexibility index (Phi) is 6.44. The number of hydrogen-bond acceptors (Lipinski definition) is 5.